The normalized spacial score (nSPS) is 10.7. The quantitative estimate of drug-likeness (QED) is 0.372. The van der Waals surface area contributed by atoms with Gasteiger partial charge in [-0.25, -0.2) is 4.98 Å². The summed E-state index contributed by atoms with van der Waals surface area (Å²) in [7, 11) is 0. The molecule has 0 N–H and O–H groups in total. The van der Waals surface area contributed by atoms with Crippen LogP contribution in [0.15, 0.2) is 89.4 Å². The molecule has 0 spiro atoms. The number of hydrogen-bond acceptors (Lipinski definition) is 2. The third-order valence-electron chi connectivity index (χ3n) is 4.37. The van der Waals surface area contributed by atoms with Crippen molar-refractivity contribution in [1.29, 1.82) is 0 Å². The monoisotopic (exact) mass is 416 g/mol. The summed E-state index contributed by atoms with van der Waals surface area (Å²) in [4.78, 5) is 17.6. The van der Waals surface area contributed by atoms with Gasteiger partial charge in [-0.15, -0.1) is 0 Å². The lowest BCUT2D eigenvalue weighted by Crippen LogP contribution is -2.07. The molecule has 1 heterocycles. The molecule has 0 fully saturated rings. The summed E-state index contributed by atoms with van der Waals surface area (Å²) in [5.74, 6) is 0.728. The van der Waals surface area contributed by atoms with Crippen molar-refractivity contribution in [3.63, 3.8) is 0 Å². The number of imidazole rings is 1. The summed E-state index contributed by atoms with van der Waals surface area (Å²) >= 11 is 3.48. The maximum absolute atomic E-state index is 12.7. The maximum atomic E-state index is 12.7. The van der Waals surface area contributed by atoms with Gasteiger partial charge in [0.1, 0.15) is 17.2 Å². The molecule has 4 rings (SSSR count). The Morgan fingerprint density at radius 1 is 0.815 bits per heavy atom. The largest absolute Gasteiger partial charge is 0.293 e. The Balaban J connectivity index is 2.06. The van der Waals surface area contributed by atoms with Gasteiger partial charge in [0.15, 0.2) is 5.78 Å². The average molecular weight is 417 g/mol. The van der Waals surface area contributed by atoms with Gasteiger partial charge in [0.25, 0.3) is 0 Å². The van der Waals surface area contributed by atoms with Crippen LogP contribution in [0.3, 0.4) is 0 Å². The Morgan fingerprint density at radius 3 is 2.00 bits per heavy atom. The van der Waals surface area contributed by atoms with Crippen LogP contribution in [0.25, 0.3) is 28.3 Å². The molecule has 0 saturated heterocycles. The fraction of sp³-hybridized carbons (Fsp3) is 0.0435. The zero-order chi connectivity index (χ0) is 18.8. The highest BCUT2D eigenvalue weighted by atomic mass is 79.9. The average Bonchev–Trinajstić information content (AvgIpc) is 3.11. The number of para-hydroxylation sites is 1. The highest BCUT2D eigenvalue weighted by molar-refractivity contribution is 9.10. The van der Waals surface area contributed by atoms with Crippen LogP contribution in [0.4, 0.5) is 0 Å². The highest BCUT2D eigenvalue weighted by Crippen LogP contribution is 2.33. The van der Waals surface area contributed by atoms with E-state index in [0.29, 0.717) is 11.4 Å². The minimum absolute atomic E-state index is 0.0198. The van der Waals surface area contributed by atoms with E-state index in [0.717, 1.165) is 27.1 Å². The van der Waals surface area contributed by atoms with E-state index >= 15 is 0 Å². The van der Waals surface area contributed by atoms with E-state index in [9.17, 15) is 4.79 Å². The first-order valence-corrected chi connectivity index (χ1v) is 9.45. The van der Waals surface area contributed by atoms with Crippen LogP contribution < -0.4 is 0 Å². The second-order valence-corrected chi connectivity index (χ2v) is 7.15. The molecule has 0 aliphatic rings. The van der Waals surface area contributed by atoms with Gasteiger partial charge >= 0.3 is 0 Å². The molecule has 27 heavy (non-hydrogen) atoms. The Labute approximate surface area is 166 Å². The van der Waals surface area contributed by atoms with Crippen LogP contribution in [0.2, 0.25) is 0 Å². The van der Waals surface area contributed by atoms with Gasteiger partial charge in [0, 0.05) is 28.2 Å². The van der Waals surface area contributed by atoms with Gasteiger partial charge in [-0.05, 0) is 24.3 Å². The number of rotatable bonds is 4. The summed E-state index contributed by atoms with van der Waals surface area (Å²) < 4.78 is 2.95. The molecule has 0 aliphatic carbocycles. The van der Waals surface area contributed by atoms with Gasteiger partial charge in [0.05, 0.1) is 0 Å². The van der Waals surface area contributed by atoms with Crippen LogP contribution in [-0.2, 0) is 0 Å². The standard InChI is InChI=1S/C23H17BrN2O/c1-16(27)22-21(17-8-4-2-5-9-17)25-23(18-12-14-19(24)15-13-18)26(22)20-10-6-3-7-11-20/h2-15H,1H3. The number of hydrogen-bond donors (Lipinski definition) is 0. The third-order valence-corrected chi connectivity index (χ3v) is 4.90. The van der Waals surface area contributed by atoms with E-state index in [1.807, 2.05) is 89.5 Å². The van der Waals surface area contributed by atoms with Crippen molar-refractivity contribution in [2.24, 2.45) is 0 Å². The van der Waals surface area contributed by atoms with Crippen molar-refractivity contribution < 1.29 is 4.79 Å². The molecule has 3 nitrogen and oxygen atoms in total. The van der Waals surface area contributed by atoms with Crippen LogP contribution in [0.1, 0.15) is 17.4 Å². The lowest BCUT2D eigenvalue weighted by Gasteiger charge is -2.11. The molecular formula is C23H17BrN2O. The lowest BCUT2D eigenvalue weighted by atomic mass is 10.1. The molecule has 1 aromatic heterocycles. The minimum Gasteiger partial charge on any atom is -0.293 e. The maximum Gasteiger partial charge on any atom is 0.178 e. The smallest absolute Gasteiger partial charge is 0.178 e. The van der Waals surface area contributed by atoms with Gasteiger partial charge in [0.2, 0.25) is 0 Å². The molecule has 0 bridgehead atoms. The van der Waals surface area contributed by atoms with Gasteiger partial charge < -0.3 is 0 Å². The highest BCUT2D eigenvalue weighted by Gasteiger charge is 2.23. The van der Waals surface area contributed by atoms with Crippen molar-refractivity contribution in [3.05, 3.63) is 95.1 Å². The number of carbonyl (C=O) groups excluding carboxylic acids is 1. The van der Waals surface area contributed by atoms with E-state index in [-0.39, 0.29) is 5.78 Å². The van der Waals surface area contributed by atoms with Gasteiger partial charge in [-0.2, -0.15) is 0 Å². The van der Waals surface area contributed by atoms with Crippen molar-refractivity contribution >= 4 is 21.7 Å². The molecule has 0 unspecified atom stereocenters. The predicted molar refractivity (Wildman–Crippen MR) is 112 cm³/mol. The number of ketones is 1. The van der Waals surface area contributed by atoms with Crippen LogP contribution in [-0.4, -0.2) is 15.3 Å². The second-order valence-electron chi connectivity index (χ2n) is 6.23. The molecule has 0 saturated carbocycles. The van der Waals surface area contributed by atoms with Crippen molar-refractivity contribution in [2.45, 2.75) is 6.92 Å². The van der Waals surface area contributed by atoms with Gasteiger partial charge in [-0.3, -0.25) is 9.36 Å². The summed E-state index contributed by atoms with van der Waals surface area (Å²) in [5, 5.41) is 0. The fourth-order valence-electron chi connectivity index (χ4n) is 3.16. The van der Waals surface area contributed by atoms with E-state index in [1.165, 1.54) is 0 Å². The van der Waals surface area contributed by atoms with E-state index in [4.69, 9.17) is 4.98 Å². The van der Waals surface area contributed by atoms with Crippen LogP contribution in [0.5, 0.6) is 0 Å². The minimum atomic E-state index is -0.0198. The summed E-state index contributed by atoms with van der Waals surface area (Å²) in [6.07, 6.45) is 0. The molecule has 0 aliphatic heterocycles. The molecule has 0 amide bonds. The summed E-state index contributed by atoms with van der Waals surface area (Å²) in [6.45, 7) is 1.59. The van der Waals surface area contributed by atoms with E-state index in [1.54, 1.807) is 6.92 Å². The number of nitrogens with zero attached hydrogens (tertiary/aromatic N) is 2. The number of aromatic nitrogens is 2. The summed E-state index contributed by atoms with van der Waals surface area (Å²) in [6, 6.07) is 27.7. The first-order valence-electron chi connectivity index (χ1n) is 8.65. The van der Waals surface area contributed by atoms with Crippen LogP contribution >= 0.6 is 15.9 Å². The molecule has 132 valence electrons. The molecule has 0 radical (unpaired) electrons. The summed E-state index contributed by atoms with van der Waals surface area (Å²) in [5.41, 5.74) is 4.08. The SMILES string of the molecule is CC(=O)c1c(-c2ccccc2)nc(-c2ccc(Br)cc2)n1-c1ccccc1. The number of carbonyl (C=O) groups is 1. The topological polar surface area (TPSA) is 34.9 Å². The third kappa shape index (κ3) is 3.36. The van der Waals surface area contributed by atoms with Gasteiger partial charge in [-0.1, -0.05) is 76.6 Å². The predicted octanol–water partition coefficient (Wildman–Crippen LogP) is 6.17. The van der Waals surface area contributed by atoms with Crippen molar-refractivity contribution in [3.8, 4) is 28.3 Å². The Hall–Kier alpha value is -2.98. The second kappa shape index (κ2) is 7.33. The molecule has 0 atom stereocenters. The molecule has 3 aromatic carbocycles. The first kappa shape index (κ1) is 17.4. The Kier molecular flexibility index (Phi) is 4.73. The number of halogens is 1. The molecule has 4 heteroatoms. The number of Topliss-reactive ketones (excluding diaryl/α,β-unsaturated/α-hetero) is 1. The van der Waals surface area contributed by atoms with Crippen LogP contribution in [0, 0.1) is 0 Å². The fourth-order valence-corrected chi connectivity index (χ4v) is 3.43. The van der Waals surface area contributed by atoms with E-state index in [2.05, 4.69) is 15.9 Å². The molecular weight excluding hydrogens is 400 g/mol. The lowest BCUT2D eigenvalue weighted by molar-refractivity contribution is 0.101. The van der Waals surface area contributed by atoms with Crippen molar-refractivity contribution in [2.75, 3.05) is 0 Å². The zero-order valence-electron chi connectivity index (χ0n) is 14.8. The van der Waals surface area contributed by atoms with E-state index < -0.39 is 0 Å². The Bertz CT molecular complexity index is 1080. The Morgan fingerprint density at radius 2 is 1.41 bits per heavy atom. The first-order chi connectivity index (χ1) is 13.1. The zero-order valence-corrected chi connectivity index (χ0v) is 16.3. The number of benzene rings is 3. The molecule has 4 aromatic rings. The van der Waals surface area contributed by atoms with Crippen molar-refractivity contribution in [1.82, 2.24) is 9.55 Å².